The van der Waals surface area contributed by atoms with E-state index < -0.39 is 6.10 Å². The molecule has 1 atom stereocenters. The number of carbonyl (C=O) groups excluding carboxylic acids is 2. The molecule has 1 N–H and O–H groups in total. The Morgan fingerprint density at radius 3 is 2.61 bits per heavy atom. The molecule has 0 spiro atoms. The molecule has 0 radical (unpaired) electrons. The molecule has 5 heteroatoms. The Balaban J connectivity index is 1.55. The Morgan fingerprint density at radius 2 is 1.91 bits per heavy atom. The Bertz CT molecular complexity index is 699. The van der Waals surface area contributed by atoms with E-state index in [1.807, 2.05) is 24.3 Å². The van der Waals surface area contributed by atoms with E-state index in [0.717, 1.165) is 16.9 Å². The maximum atomic E-state index is 12.2. The summed E-state index contributed by atoms with van der Waals surface area (Å²) in [7, 11) is 1.34. The quantitative estimate of drug-likeness (QED) is 0.878. The summed E-state index contributed by atoms with van der Waals surface area (Å²) in [4.78, 5) is 23.6. The molecule has 0 aliphatic carbocycles. The van der Waals surface area contributed by atoms with Gasteiger partial charge in [-0.25, -0.2) is 4.79 Å². The Hall–Kier alpha value is -2.82. The Labute approximate surface area is 134 Å². The van der Waals surface area contributed by atoms with Gasteiger partial charge in [-0.3, -0.25) is 4.79 Å². The van der Waals surface area contributed by atoms with Crippen LogP contribution in [0.1, 0.15) is 21.5 Å². The highest BCUT2D eigenvalue weighted by Crippen LogP contribution is 2.28. The van der Waals surface area contributed by atoms with Crippen LogP contribution < -0.4 is 10.1 Å². The molecule has 1 amide bonds. The average molecular weight is 311 g/mol. The zero-order valence-electron chi connectivity index (χ0n) is 12.7. The number of carbonyl (C=O) groups is 2. The first-order chi connectivity index (χ1) is 11.2. The van der Waals surface area contributed by atoms with E-state index in [1.165, 1.54) is 7.11 Å². The number of benzene rings is 2. The van der Waals surface area contributed by atoms with Gasteiger partial charge in [-0.15, -0.1) is 0 Å². The van der Waals surface area contributed by atoms with Gasteiger partial charge in [-0.2, -0.15) is 0 Å². The number of hydrogen-bond acceptors (Lipinski definition) is 4. The lowest BCUT2D eigenvalue weighted by atomic mass is 10.1. The second-order valence-electron chi connectivity index (χ2n) is 5.32. The molecule has 2 aromatic rings. The minimum absolute atomic E-state index is 0.141. The number of nitrogens with one attached hydrogen (secondary N) is 1. The van der Waals surface area contributed by atoms with Gasteiger partial charge in [0.15, 0.2) is 6.10 Å². The number of methoxy groups -OCH3 is 1. The van der Waals surface area contributed by atoms with Crippen molar-refractivity contribution in [2.45, 2.75) is 19.1 Å². The summed E-state index contributed by atoms with van der Waals surface area (Å²) in [6, 6.07) is 14.6. The smallest absolute Gasteiger partial charge is 0.337 e. The van der Waals surface area contributed by atoms with Crippen LogP contribution in [-0.2, 0) is 22.5 Å². The minimum Gasteiger partial charge on any atom is -0.480 e. The summed E-state index contributed by atoms with van der Waals surface area (Å²) >= 11 is 0. The van der Waals surface area contributed by atoms with Crippen LogP contribution in [-0.4, -0.2) is 25.1 Å². The topological polar surface area (TPSA) is 64.6 Å². The van der Waals surface area contributed by atoms with Crippen LogP contribution >= 0.6 is 0 Å². The number of amides is 1. The zero-order valence-corrected chi connectivity index (χ0v) is 12.7. The third-order valence-electron chi connectivity index (χ3n) is 3.78. The molecule has 0 unspecified atom stereocenters. The van der Waals surface area contributed by atoms with Gasteiger partial charge in [0, 0.05) is 13.0 Å². The van der Waals surface area contributed by atoms with Crippen LogP contribution in [0.2, 0.25) is 0 Å². The van der Waals surface area contributed by atoms with Crippen molar-refractivity contribution in [2.75, 3.05) is 7.11 Å². The highest BCUT2D eigenvalue weighted by molar-refractivity contribution is 5.89. The largest absolute Gasteiger partial charge is 0.480 e. The SMILES string of the molecule is COC(=O)c1ccc(CNC(=O)[C@@H]2Cc3ccccc3O2)cc1. The first-order valence-corrected chi connectivity index (χ1v) is 7.37. The summed E-state index contributed by atoms with van der Waals surface area (Å²) in [5, 5.41) is 2.86. The molecule has 5 nitrogen and oxygen atoms in total. The highest BCUT2D eigenvalue weighted by atomic mass is 16.5. The Kier molecular flexibility index (Phi) is 4.28. The van der Waals surface area contributed by atoms with E-state index in [0.29, 0.717) is 18.5 Å². The number of hydrogen-bond donors (Lipinski definition) is 1. The van der Waals surface area contributed by atoms with E-state index in [1.54, 1.807) is 24.3 Å². The van der Waals surface area contributed by atoms with E-state index >= 15 is 0 Å². The zero-order chi connectivity index (χ0) is 16.2. The number of para-hydroxylation sites is 1. The van der Waals surface area contributed by atoms with E-state index in [4.69, 9.17) is 4.74 Å². The fraction of sp³-hybridized carbons (Fsp3) is 0.222. The van der Waals surface area contributed by atoms with Crippen LogP contribution in [0.15, 0.2) is 48.5 Å². The molecule has 0 bridgehead atoms. The summed E-state index contributed by atoms with van der Waals surface area (Å²) in [5.41, 5.74) is 2.44. The van der Waals surface area contributed by atoms with Crippen molar-refractivity contribution in [1.29, 1.82) is 0 Å². The molecule has 118 valence electrons. The van der Waals surface area contributed by atoms with Crippen LogP contribution in [0.5, 0.6) is 5.75 Å². The van der Waals surface area contributed by atoms with Crippen molar-refractivity contribution < 1.29 is 19.1 Å². The summed E-state index contributed by atoms with van der Waals surface area (Å²) in [5.74, 6) is 0.256. The monoisotopic (exact) mass is 311 g/mol. The van der Waals surface area contributed by atoms with Crippen LogP contribution in [0.3, 0.4) is 0 Å². The second kappa shape index (κ2) is 6.52. The van der Waals surface area contributed by atoms with Gasteiger partial charge in [0.25, 0.3) is 5.91 Å². The Morgan fingerprint density at radius 1 is 1.17 bits per heavy atom. The summed E-state index contributed by atoms with van der Waals surface area (Å²) in [6.45, 7) is 0.385. The number of ether oxygens (including phenoxy) is 2. The maximum absolute atomic E-state index is 12.2. The third kappa shape index (κ3) is 3.34. The number of esters is 1. The highest BCUT2D eigenvalue weighted by Gasteiger charge is 2.28. The normalized spacial score (nSPS) is 15.4. The second-order valence-corrected chi connectivity index (χ2v) is 5.32. The van der Waals surface area contributed by atoms with Crippen LogP contribution in [0.4, 0.5) is 0 Å². The minimum atomic E-state index is -0.484. The van der Waals surface area contributed by atoms with Crippen molar-refractivity contribution in [3.8, 4) is 5.75 Å². The van der Waals surface area contributed by atoms with Crippen molar-refractivity contribution in [1.82, 2.24) is 5.32 Å². The fourth-order valence-corrected chi connectivity index (χ4v) is 2.51. The van der Waals surface area contributed by atoms with Gasteiger partial charge in [0.1, 0.15) is 5.75 Å². The average Bonchev–Trinajstić information content (AvgIpc) is 3.03. The molecule has 1 aliphatic heterocycles. The molecule has 0 fully saturated rings. The van der Waals surface area contributed by atoms with Crippen molar-refractivity contribution >= 4 is 11.9 Å². The predicted molar refractivity (Wildman–Crippen MR) is 84.2 cm³/mol. The molecule has 2 aromatic carbocycles. The van der Waals surface area contributed by atoms with Crippen LogP contribution in [0.25, 0.3) is 0 Å². The van der Waals surface area contributed by atoms with E-state index in [-0.39, 0.29) is 11.9 Å². The predicted octanol–water partition coefficient (Wildman–Crippen LogP) is 2.09. The third-order valence-corrected chi connectivity index (χ3v) is 3.78. The first kappa shape index (κ1) is 15.1. The molecular formula is C18H17NO4. The van der Waals surface area contributed by atoms with Gasteiger partial charge >= 0.3 is 5.97 Å². The molecule has 0 saturated carbocycles. The molecule has 1 heterocycles. The maximum Gasteiger partial charge on any atom is 0.337 e. The molecular weight excluding hydrogens is 294 g/mol. The van der Waals surface area contributed by atoms with E-state index in [9.17, 15) is 9.59 Å². The fourth-order valence-electron chi connectivity index (χ4n) is 2.51. The summed E-state index contributed by atoms with van der Waals surface area (Å²) in [6.07, 6.45) is 0.102. The molecule has 23 heavy (non-hydrogen) atoms. The molecule has 0 aromatic heterocycles. The molecule has 0 saturated heterocycles. The standard InChI is InChI=1S/C18H17NO4/c1-22-18(21)13-8-6-12(7-9-13)11-19-17(20)16-10-14-4-2-3-5-15(14)23-16/h2-9,16H,10-11H2,1H3,(H,19,20)/t16-/m0/s1. The first-order valence-electron chi connectivity index (χ1n) is 7.37. The lowest BCUT2D eigenvalue weighted by Gasteiger charge is -2.11. The van der Waals surface area contributed by atoms with Gasteiger partial charge in [0.2, 0.25) is 0 Å². The molecule has 3 rings (SSSR count). The van der Waals surface area contributed by atoms with Crippen molar-refractivity contribution in [3.05, 3.63) is 65.2 Å². The van der Waals surface area contributed by atoms with Gasteiger partial charge in [0.05, 0.1) is 12.7 Å². The van der Waals surface area contributed by atoms with E-state index in [2.05, 4.69) is 10.1 Å². The van der Waals surface area contributed by atoms with Crippen molar-refractivity contribution in [3.63, 3.8) is 0 Å². The molecule has 1 aliphatic rings. The number of fused-ring (bicyclic) bond motifs is 1. The summed E-state index contributed by atoms with van der Waals surface area (Å²) < 4.78 is 10.3. The van der Waals surface area contributed by atoms with Gasteiger partial charge < -0.3 is 14.8 Å². The van der Waals surface area contributed by atoms with Crippen LogP contribution in [0, 0.1) is 0 Å². The van der Waals surface area contributed by atoms with Crippen molar-refractivity contribution in [2.24, 2.45) is 0 Å². The van der Waals surface area contributed by atoms with Gasteiger partial charge in [-0.05, 0) is 29.3 Å². The number of rotatable bonds is 4. The van der Waals surface area contributed by atoms with Gasteiger partial charge in [-0.1, -0.05) is 30.3 Å². The lowest BCUT2D eigenvalue weighted by Crippen LogP contribution is -2.37. The lowest BCUT2D eigenvalue weighted by molar-refractivity contribution is -0.127.